The summed E-state index contributed by atoms with van der Waals surface area (Å²) in [7, 11) is 0. The first-order chi connectivity index (χ1) is 8.85. The molecule has 0 aliphatic heterocycles. The second-order valence-electron chi connectivity index (χ2n) is 4.68. The number of fused-ring (bicyclic) bond motifs is 1. The molecule has 94 valence electrons. The van der Waals surface area contributed by atoms with Crippen LogP contribution in [0.1, 0.15) is 37.5 Å². The van der Waals surface area contributed by atoms with E-state index in [1.165, 1.54) is 30.2 Å². The summed E-state index contributed by atoms with van der Waals surface area (Å²) in [5, 5.41) is 1.21. The first kappa shape index (κ1) is 12.8. The van der Waals surface area contributed by atoms with Crippen LogP contribution in [0, 0.1) is 0 Å². The van der Waals surface area contributed by atoms with Crippen LogP contribution in [0.4, 0.5) is 0 Å². The van der Waals surface area contributed by atoms with Gasteiger partial charge >= 0.3 is 11.3 Å². The average Bonchev–Trinajstić information content (AvgIpc) is 2.39. The van der Waals surface area contributed by atoms with Gasteiger partial charge in [0.15, 0.2) is 0 Å². The van der Waals surface area contributed by atoms with E-state index in [0.29, 0.717) is 0 Å². The molecular weight excluding hydrogens is 220 g/mol. The van der Waals surface area contributed by atoms with Crippen molar-refractivity contribution in [1.82, 2.24) is 0 Å². The number of hydrogen-bond donors (Lipinski definition) is 0. The molecule has 0 saturated heterocycles. The number of hydrogen-bond acceptors (Lipinski definition) is 0. The van der Waals surface area contributed by atoms with E-state index in [4.69, 9.17) is 4.42 Å². The normalized spacial score (nSPS) is 10.7. The molecule has 0 amide bonds. The molecule has 0 bridgehead atoms. The lowest BCUT2D eigenvalue weighted by Gasteiger charge is -1.99. The Morgan fingerprint density at radius 2 is 2.06 bits per heavy atom. The minimum absolute atomic E-state index is 0.900. The summed E-state index contributed by atoms with van der Waals surface area (Å²) in [5.74, 6) is 1.10. The monoisotopic (exact) mass is 241 g/mol. The smallest absolute Gasteiger partial charge is 0.212 e. The number of benzene rings is 1. The van der Waals surface area contributed by atoms with Crippen LogP contribution in [0.15, 0.2) is 47.4 Å². The van der Waals surface area contributed by atoms with Gasteiger partial charge in [-0.3, -0.25) is 0 Å². The molecule has 1 nitrogen and oxygen atoms in total. The molecule has 1 heterocycles. The molecule has 1 aromatic heterocycles. The maximum atomic E-state index is 5.96. The molecule has 0 atom stereocenters. The van der Waals surface area contributed by atoms with Gasteiger partial charge in [-0.25, -0.2) is 4.42 Å². The Hall–Kier alpha value is -1.63. The fourth-order valence-corrected chi connectivity index (χ4v) is 2.26. The van der Waals surface area contributed by atoms with Crippen LogP contribution in [-0.2, 0) is 12.8 Å². The van der Waals surface area contributed by atoms with Gasteiger partial charge in [-0.2, -0.15) is 0 Å². The first-order valence-corrected chi connectivity index (χ1v) is 6.79. The Morgan fingerprint density at radius 1 is 1.22 bits per heavy atom. The molecule has 0 aliphatic carbocycles. The Morgan fingerprint density at radius 3 is 2.83 bits per heavy atom. The lowest BCUT2D eigenvalue weighted by molar-refractivity contribution is 0.519. The van der Waals surface area contributed by atoms with E-state index < -0.39 is 0 Å². The van der Waals surface area contributed by atoms with Crippen LogP contribution in [-0.4, -0.2) is 0 Å². The lowest BCUT2D eigenvalue weighted by atomic mass is 10.0. The SMILES string of the molecule is C=CCc1cc(CCCCC)[o+]c2ccccc12. The summed E-state index contributed by atoms with van der Waals surface area (Å²) >= 11 is 0. The van der Waals surface area contributed by atoms with Crippen molar-refractivity contribution in [3.05, 3.63) is 54.3 Å². The molecule has 0 fully saturated rings. The van der Waals surface area contributed by atoms with Gasteiger partial charge in [0.1, 0.15) is 0 Å². The highest BCUT2D eigenvalue weighted by Gasteiger charge is 2.15. The highest BCUT2D eigenvalue weighted by molar-refractivity contribution is 5.80. The van der Waals surface area contributed by atoms with Crippen LogP contribution in [0.25, 0.3) is 11.0 Å². The van der Waals surface area contributed by atoms with Crippen LogP contribution in [0.2, 0.25) is 0 Å². The van der Waals surface area contributed by atoms with E-state index in [0.717, 1.165) is 24.2 Å². The molecule has 2 aromatic rings. The van der Waals surface area contributed by atoms with Crippen LogP contribution in [0.3, 0.4) is 0 Å². The van der Waals surface area contributed by atoms with E-state index in [1.807, 2.05) is 18.2 Å². The fourth-order valence-electron chi connectivity index (χ4n) is 2.26. The van der Waals surface area contributed by atoms with E-state index in [-0.39, 0.29) is 0 Å². The third kappa shape index (κ3) is 2.98. The van der Waals surface area contributed by atoms with Crippen LogP contribution >= 0.6 is 0 Å². The van der Waals surface area contributed by atoms with Gasteiger partial charge in [0, 0.05) is 12.1 Å². The van der Waals surface area contributed by atoms with Gasteiger partial charge in [0.25, 0.3) is 0 Å². The van der Waals surface area contributed by atoms with Gasteiger partial charge in [-0.15, -0.1) is 6.58 Å². The van der Waals surface area contributed by atoms with Crippen LogP contribution < -0.4 is 0 Å². The minimum atomic E-state index is 0.900. The summed E-state index contributed by atoms with van der Waals surface area (Å²) in [6, 6.07) is 10.4. The van der Waals surface area contributed by atoms with Crippen LogP contribution in [0.5, 0.6) is 0 Å². The highest BCUT2D eigenvalue weighted by Crippen LogP contribution is 2.23. The Kier molecular flexibility index (Phi) is 4.52. The van der Waals surface area contributed by atoms with Crippen molar-refractivity contribution >= 4 is 11.0 Å². The first-order valence-electron chi connectivity index (χ1n) is 6.79. The molecule has 0 radical (unpaired) electrons. The highest BCUT2D eigenvalue weighted by atomic mass is 16.3. The Balaban J connectivity index is 2.34. The quantitative estimate of drug-likeness (QED) is 0.385. The third-order valence-electron chi connectivity index (χ3n) is 3.20. The number of aryl methyl sites for hydroxylation is 1. The summed E-state index contributed by atoms with van der Waals surface area (Å²) in [6.07, 6.45) is 7.59. The number of para-hydroxylation sites is 1. The second-order valence-corrected chi connectivity index (χ2v) is 4.68. The summed E-state index contributed by atoms with van der Waals surface area (Å²) in [6.45, 7) is 6.06. The van der Waals surface area contributed by atoms with Gasteiger partial charge in [-0.05, 0) is 24.5 Å². The van der Waals surface area contributed by atoms with E-state index in [9.17, 15) is 0 Å². The molecule has 18 heavy (non-hydrogen) atoms. The molecule has 1 aromatic carbocycles. The van der Waals surface area contributed by atoms with Crippen molar-refractivity contribution in [3.8, 4) is 0 Å². The van der Waals surface area contributed by atoms with Gasteiger partial charge in [-0.1, -0.05) is 38.0 Å². The molecule has 0 unspecified atom stereocenters. The zero-order chi connectivity index (χ0) is 12.8. The molecule has 0 aliphatic rings. The molecule has 1 heteroatoms. The average molecular weight is 241 g/mol. The van der Waals surface area contributed by atoms with E-state index in [1.54, 1.807) is 0 Å². The molecule has 0 spiro atoms. The molecule has 0 saturated carbocycles. The minimum Gasteiger partial charge on any atom is -0.212 e. The summed E-state index contributed by atoms with van der Waals surface area (Å²) < 4.78 is 5.96. The van der Waals surface area contributed by atoms with Gasteiger partial charge in [0.05, 0.1) is 11.8 Å². The predicted octanol–water partition coefficient (Wildman–Crippen LogP) is 5.18. The molecular formula is C17H21O+. The van der Waals surface area contributed by atoms with E-state index >= 15 is 0 Å². The molecule has 0 N–H and O–H groups in total. The van der Waals surface area contributed by atoms with Gasteiger partial charge < -0.3 is 0 Å². The largest absolute Gasteiger partial charge is 0.360 e. The standard InChI is InChI=1S/C17H21O/c1-3-5-6-10-15-13-14(9-4-2)16-11-7-8-12-17(16)18-15/h4,7-8,11-13H,2-3,5-6,9-10H2,1H3/q+1. The summed E-state index contributed by atoms with van der Waals surface area (Å²) in [4.78, 5) is 0. The van der Waals surface area contributed by atoms with Crippen molar-refractivity contribution in [2.24, 2.45) is 0 Å². The fraction of sp³-hybridized carbons (Fsp3) is 0.353. The van der Waals surface area contributed by atoms with Crippen molar-refractivity contribution in [3.63, 3.8) is 0 Å². The number of rotatable bonds is 6. The zero-order valence-electron chi connectivity index (χ0n) is 11.1. The summed E-state index contributed by atoms with van der Waals surface area (Å²) in [5.41, 5.74) is 2.31. The number of unbranched alkanes of at least 4 members (excludes halogenated alkanes) is 2. The molecule has 2 rings (SSSR count). The Bertz CT molecular complexity index is 528. The van der Waals surface area contributed by atoms with Gasteiger partial charge in [0.2, 0.25) is 0 Å². The second kappa shape index (κ2) is 6.34. The zero-order valence-corrected chi connectivity index (χ0v) is 11.1. The van der Waals surface area contributed by atoms with E-state index in [2.05, 4.69) is 31.7 Å². The Labute approximate surface area is 109 Å². The van der Waals surface area contributed by atoms with Crippen molar-refractivity contribution < 1.29 is 4.42 Å². The van der Waals surface area contributed by atoms with Crippen molar-refractivity contribution in [2.75, 3.05) is 0 Å². The topological polar surface area (TPSA) is 11.3 Å². The van der Waals surface area contributed by atoms with Crippen molar-refractivity contribution in [1.29, 1.82) is 0 Å². The third-order valence-corrected chi connectivity index (χ3v) is 3.20. The number of allylic oxidation sites excluding steroid dienone is 1. The maximum absolute atomic E-state index is 5.96. The maximum Gasteiger partial charge on any atom is 0.360 e. The lowest BCUT2D eigenvalue weighted by Crippen LogP contribution is -1.91. The van der Waals surface area contributed by atoms with Crippen molar-refractivity contribution in [2.45, 2.75) is 39.0 Å². The predicted molar refractivity (Wildman–Crippen MR) is 77.8 cm³/mol.